The van der Waals surface area contributed by atoms with Crippen molar-refractivity contribution in [1.82, 2.24) is 0 Å². The number of fused-ring (bicyclic) bond motifs is 5. The molecule has 0 N–H and O–H groups in total. The number of ketones is 2. The highest BCUT2D eigenvalue weighted by molar-refractivity contribution is 6.54. The van der Waals surface area contributed by atoms with Gasteiger partial charge in [0.1, 0.15) is 11.5 Å². The van der Waals surface area contributed by atoms with Gasteiger partial charge in [-0.3, -0.25) is 9.59 Å². The first-order valence-electron chi connectivity index (χ1n) is 7.22. The lowest BCUT2D eigenvalue weighted by Gasteiger charge is -2.16. The highest BCUT2D eigenvalue weighted by Gasteiger charge is 2.36. The van der Waals surface area contributed by atoms with Crippen LogP contribution in [0, 0.1) is 20.8 Å². The summed E-state index contributed by atoms with van der Waals surface area (Å²) in [6.45, 7) is 5.63. The van der Waals surface area contributed by atoms with Gasteiger partial charge in [0.25, 0.3) is 0 Å². The Kier molecular flexibility index (Phi) is 2.46. The van der Waals surface area contributed by atoms with Crippen LogP contribution < -0.4 is 0 Å². The van der Waals surface area contributed by atoms with Crippen LogP contribution in [0.5, 0.6) is 0 Å². The van der Waals surface area contributed by atoms with E-state index in [9.17, 15) is 9.59 Å². The van der Waals surface area contributed by atoms with Crippen molar-refractivity contribution in [3.05, 3.63) is 58.3 Å². The Morgan fingerprint density at radius 3 is 2.32 bits per heavy atom. The maximum atomic E-state index is 12.7. The van der Waals surface area contributed by atoms with Crippen molar-refractivity contribution >= 4 is 22.3 Å². The van der Waals surface area contributed by atoms with Crippen molar-refractivity contribution in [3.63, 3.8) is 0 Å². The van der Waals surface area contributed by atoms with Crippen LogP contribution in [0.15, 0.2) is 34.7 Å². The molecule has 0 unspecified atom stereocenters. The second kappa shape index (κ2) is 4.17. The van der Waals surface area contributed by atoms with E-state index in [-0.39, 0.29) is 0 Å². The molecule has 0 radical (unpaired) electrons. The number of Topliss-reactive ketones (excluding diaryl/α,β-unsaturated/α-hetero) is 2. The summed E-state index contributed by atoms with van der Waals surface area (Å²) in [5, 5.41) is 1.80. The summed E-state index contributed by atoms with van der Waals surface area (Å²) in [4.78, 5) is 25.2. The fraction of sp³-hybridized carbons (Fsp3) is 0.158. The van der Waals surface area contributed by atoms with Gasteiger partial charge in [0.05, 0.1) is 5.56 Å². The van der Waals surface area contributed by atoms with Crippen molar-refractivity contribution in [2.45, 2.75) is 20.8 Å². The molecule has 0 atom stereocenters. The van der Waals surface area contributed by atoms with E-state index in [4.69, 9.17) is 4.42 Å². The third kappa shape index (κ3) is 1.45. The highest BCUT2D eigenvalue weighted by Crippen LogP contribution is 2.41. The summed E-state index contributed by atoms with van der Waals surface area (Å²) in [6.07, 6.45) is 0. The van der Waals surface area contributed by atoms with Crippen LogP contribution in [0.4, 0.5) is 0 Å². The number of carbonyl (C=O) groups is 2. The molecule has 3 nitrogen and oxygen atoms in total. The van der Waals surface area contributed by atoms with Gasteiger partial charge in [-0.2, -0.15) is 0 Å². The van der Waals surface area contributed by atoms with E-state index in [2.05, 4.69) is 0 Å². The van der Waals surface area contributed by atoms with E-state index in [1.807, 2.05) is 51.1 Å². The molecular weight excluding hydrogens is 276 g/mol. The van der Waals surface area contributed by atoms with Crippen molar-refractivity contribution in [1.29, 1.82) is 0 Å². The molecule has 0 fully saturated rings. The van der Waals surface area contributed by atoms with E-state index < -0.39 is 11.6 Å². The zero-order valence-corrected chi connectivity index (χ0v) is 12.6. The normalized spacial score (nSPS) is 13.4. The molecule has 3 heteroatoms. The van der Waals surface area contributed by atoms with Gasteiger partial charge in [0, 0.05) is 16.7 Å². The largest absolute Gasteiger partial charge is 0.460 e. The molecule has 3 aromatic rings. The molecule has 0 saturated carbocycles. The average molecular weight is 290 g/mol. The lowest BCUT2D eigenvalue weighted by atomic mass is 9.83. The number of aryl methyl sites for hydroxylation is 2. The summed E-state index contributed by atoms with van der Waals surface area (Å²) in [5.74, 6) is 0.301. The number of carbonyl (C=O) groups excluding carboxylic acids is 2. The molecular formula is C19H14O3. The molecule has 0 amide bonds. The molecule has 0 bridgehead atoms. The maximum Gasteiger partial charge on any atom is 0.237 e. The molecule has 2 aromatic carbocycles. The van der Waals surface area contributed by atoms with Crippen molar-refractivity contribution in [2.24, 2.45) is 0 Å². The first-order chi connectivity index (χ1) is 10.5. The summed E-state index contributed by atoms with van der Waals surface area (Å²) >= 11 is 0. The number of rotatable bonds is 0. The Bertz CT molecular complexity index is 990. The Morgan fingerprint density at radius 1 is 0.818 bits per heavy atom. The van der Waals surface area contributed by atoms with Crippen LogP contribution in [-0.4, -0.2) is 11.6 Å². The fourth-order valence-electron chi connectivity index (χ4n) is 3.27. The second-order valence-electron chi connectivity index (χ2n) is 5.80. The summed E-state index contributed by atoms with van der Waals surface area (Å²) in [6, 6.07) is 9.67. The molecule has 1 aromatic heterocycles. The Hall–Kier alpha value is -2.68. The number of hydrogen-bond acceptors (Lipinski definition) is 3. The van der Waals surface area contributed by atoms with Crippen LogP contribution in [-0.2, 0) is 0 Å². The highest BCUT2D eigenvalue weighted by atomic mass is 16.3. The van der Waals surface area contributed by atoms with E-state index in [0.29, 0.717) is 28.2 Å². The van der Waals surface area contributed by atoms with E-state index in [1.54, 1.807) is 0 Å². The number of hydrogen-bond donors (Lipinski definition) is 0. The molecule has 0 saturated heterocycles. The topological polar surface area (TPSA) is 47.3 Å². The molecule has 108 valence electrons. The van der Waals surface area contributed by atoms with Gasteiger partial charge in [0.15, 0.2) is 0 Å². The standard InChI is InChI=1S/C19H14O3/c1-9-5-4-6-13-12(9)7-8-14-16(13)18(21)17(20)15-10(2)11(3)22-19(14)15/h4-8H,1-3H3. The quantitative estimate of drug-likeness (QED) is 0.576. The van der Waals surface area contributed by atoms with Crippen molar-refractivity contribution in [2.75, 3.05) is 0 Å². The Morgan fingerprint density at radius 2 is 1.55 bits per heavy atom. The third-order valence-corrected chi connectivity index (χ3v) is 4.57. The molecule has 1 aliphatic carbocycles. The fourth-order valence-corrected chi connectivity index (χ4v) is 3.27. The zero-order valence-electron chi connectivity index (χ0n) is 12.6. The average Bonchev–Trinajstić information content (AvgIpc) is 2.80. The maximum absolute atomic E-state index is 12.7. The zero-order chi connectivity index (χ0) is 15.6. The minimum atomic E-state index is -0.467. The van der Waals surface area contributed by atoms with Crippen LogP contribution in [0.2, 0.25) is 0 Å². The molecule has 22 heavy (non-hydrogen) atoms. The molecule has 1 aliphatic rings. The second-order valence-corrected chi connectivity index (χ2v) is 5.80. The summed E-state index contributed by atoms with van der Waals surface area (Å²) in [7, 11) is 0. The molecule has 0 spiro atoms. The minimum absolute atomic E-state index is 0.419. The van der Waals surface area contributed by atoms with Crippen LogP contribution in [0.3, 0.4) is 0 Å². The van der Waals surface area contributed by atoms with Crippen molar-refractivity contribution < 1.29 is 14.0 Å². The van der Waals surface area contributed by atoms with Gasteiger partial charge in [-0.15, -0.1) is 0 Å². The first kappa shape index (κ1) is 13.0. The summed E-state index contributed by atoms with van der Waals surface area (Å²) < 4.78 is 5.79. The molecule has 0 aliphatic heterocycles. The Balaban J connectivity index is 2.20. The van der Waals surface area contributed by atoms with Crippen LogP contribution >= 0.6 is 0 Å². The van der Waals surface area contributed by atoms with E-state index in [1.165, 1.54) is 0 Å². The predicted molar refractivity (Wildman–Crippen MR) is 84.5 cm³/mol. The third-order valence-electron chi connectivity index (χ3n) is 4.57. The van der Waals surface area contributed by atoms with Gasteiger partial charge in [0.2, 0.25) is 11.6 Å². The molecule has 4 rings (SSSR count). The van der Waals surface area contributed by atoms with Gasteiger partial charge >= 0.3 is 0 Å². The van der Waals surface area contributed by atoms with Crippen LogP contribution in [0.25, 0.3) is 22.1 Å². The minimum Gasteiger partial charge on any atom is -0.460 e. The van der Waals surface area contributed by atoms with Crippen LogP contribution in [0.1, 0.15) is 37.6 Å². The van der Waals surface area contributed by atoms with Gasteiger partial charge in [-0.25, -0.2) is 0 Å². The van der Waals surface area contributed by atoms with Gasteiger partial charge in [-0.1, -0.05) is 24.3 Å². The smallest absolute Gasteiger partial charge is 0.237 e. The van der Waals surface area contributed by atoms with E-state index in [0.717, 1.165) is 21.9 Å². The number of benzene rings is 2. The van der Waals surface area contributed by atoms with Gasteiger partial charge in [-0.05, 0) is 43.2 Å². The van der Waals surface area contributed by atoms with Crippen molar-refractivity contribution in [3.8, 4) is 11.3 Å². The summed E-state index contributed by atoms with van der Waals surface area (Å²) in [5.41, 5.74) is 3.44. The lowest BCUT2D eigenvalue weighted by Crippen LogP contribution is -2.21. The monoisotopic (exact) mass is 290 g/mol. The number of furan rings is 1. The molecule has 1 heterocycles. The van der Waals surface area contributed by atoms with E-state index >= 15 is 0 Å². The first-order valence-corrected chi connectivity index (χ1v) is 7.22. The predicted octanol–water partition coefficient (Wildman–Crippen LogP) is 4.40. The Labute approximate surface area is 127 Å². The SMILES string of the molecule is Cc1oc2c(c1C)C(=O)C(=O)c1c-2ccc2c(C)cccc12. The van der Waals surface area contributed by atoms with Gasteiger partial charge < -0.3 is 4.42 Å². The lowest BCUT2D eigenvalue weighted by molar-refractivity contribution is 0.0815.